The molecule has 0 aliphatic rings. The lowest BCUT2D eigenvalue weighted by Gasteiger charge is -2.13. The van der Waals surface area contributed by atoms with Crippen LogP contribution in [-0.4, -0.2) is 14.9 Å². The van der Waals surface area contributed by atoms with Gasteiger partial charge in [-0.2, -0.15) is 0 Å². The highest BCUT2D eigenvalue weighted by atomic mass is 16.2. The van der Waals surface area contributed by atoms with Crippen molar-refractivity contribution in [3.8, 4) is 5.69 Å². The lowest BCUT2D eigenvalue weighted by Crippen LogP contribution is -2.41. The SMILES string of the molecule is CC(=O)c1c(N)n(-c2ccccc2)c(=O)n(C)c1=O. The number of hydrogen-bond acceptors (Lipinski definition) is 4. The minimum atomic E-state index is -0.679. The molecule has 0 radical (unpaired) electrons. The van der Waals surface area contributed by atoms with E-state index in [1.165, 1.54) is 14.0 Å². The maximum absolute atomic E-state index is 12.1. The summed E-state index contributed by atoms with van der Waals surface area (Å²) in [5.41, 5.74) is 4.88. The molecule has 0 amide bonds. The number of hydrogen-bond donors (Lipinski definition) is 1. The van der Waals surface area contributed by atoms with Gasteiger partial charge in [0.15, 0.2) is 5.78 Å². The van der Waals surface area contributed by atoms with Gasteiger partial charge >= 0.3 is 5.69 Å². The Kier molecular flexibility index (Phi) is 3.08. The molecule has 0 fully saturated rings. The first kappa shape index (κ1) is 12.8. The molecule has 0 spiro atoms. The van der Waals surface area contributed by atoms with E-state index in [9.17, 15) is 14.4 Å². The Morgan fingerprint density at radius 1 is 1.16 bits per heavy atom. The second-order valence-corrected chi connectivity index (χ2v) is 4.13. The number of para-hydroxylation sites is 1. The summed E-state index contributed by atoms with van der Waals surface area (Å²) in [6.45, 7) is 1.24. The number of ketones is 1. The van der Waals surface area contributed by atoms with Crippen molar-refractivity contribution in [2.24, 2.45) is 7.05 Å². The van der Waals surface area contributed by atoms with E-state index in [4.69, 9.17) is 5.73 Å². The van der Waals surface area contributed by atoms with Crippen LogP contribution in [0.1, 0.15) is 17.3 Å². The summed E-state index contributed by atoms with van der Waals surface area (Å²) < 4.78 is 2.03. The minimum absolute atomic E-state index is 0.133. The Balaban J connectivity index is 2.95. The fourth-order valence-electron chi connectivity index (χ4n) is 1.89. The van der Waals surface area contributed by atoms with Gasteiger partial charge in [0.25, 0.3) is 5.56 Å². The molecule has 19 heavy (non-hydrogen) atoms. The molecular weight excluding hydrogens is 246 g/mol. The summed E-state index contributed by atoms with van der Waals surface area (Å²) in [5, 5.41) is 0. The largest absolute Gasteiger partial charge is 0.384 e. The van der Waals surface area contributed by atoms with Crippen LogP contribution in [0.15, 0.2) is 39.9 Å². The van der Waals surface area contributed by atoms with Gasteiger partial charge < -0.3 is 5.73 Å². The number of Topliss-reactive ketones (excluding diaryl/α,β-unsaturated/α-hetero) is 1. The first-order valence-electron chi connectivity index (χ1n) is 5.63. The zero-order valence-corrected chi connectivity index (χ0v) is 10.6. The zero-order chi connectivity index (χ0) is 14.2. The molecule has 1 aromatic heterocycles. The second kappa shape index (κ2) is 4.56. The Labute approximate surface area is 108 Å². The maximum Gasteiger partial charge on any atom is 0.336 e. The van der Waals surface area contributed by atoms with Crippen molar-refractivity contribution in [1.82, 2.24) is 9.13 Å². The molecule has 6 heteroatoms. The summed E-state index contributed by atoms with van der Waals surface area (Å²) in [6.07, 6.45) is 0. The molecule has 0 unspecified atom stereocenters. The van der Waals surface area contributed by atoms with Gasteiger partial charge in [-0.25, -0.2) is 9.36 Å². The lowest BCUT2D eigenvalue weighted by atomic mass is 10.2. The van der Waals surface area contributed by atoms with E-state index in [-0.39, 0.29) is 11.4 Å². The fraction of sp³-hybridized carbons (Fsp3) is 0.154. The molecule has 0 aliphatic carbocycles. The number of rotatable bonds is 2. The van der Waals surface area contributed by atoms with Crippen LogP contribution in [0.5, 0.6) is 0 Å². The number of aromatic nitrogens is 2. The van der Waals surface area contributed by atoms with Gasteiger partial charge in [-0.15, -0.1) is 0 Å². The number of anilines is 1. The molecular formula is C13H13N3O3. The van der Waals surface area contributed by atoms with Crippen LogP contribution in [0.4, 0.5) is 5.82 Å². The predicted octanol–water partition coefficient (Wildman–Crippen LogP) is 0.321. The highest BCUT2D eigenvalue weighted by Gasteiger charge is 2.19. The number of benzene rings is 1. The van der Waals surface area contributed by atoms with E-state index in [0.717, 1.165) is 9.13 Å². The van der Waals surface area contributed by atoms with E-state index in [0.29, 0.717) is 5.69 Å². The second-order valence-electron chi connectivity index (χ2n) is 4.13. The van der Waals surface area contributed by atoms with E-state index >= 15 is 0 Å². The molecule has 2 rings (SSSR count). The summed E-state index contributed by atoms with van der Waals surface area (Å²) >= 11 is 0. The number of nitrogens with two attached hydrogens (primary N) is 1. The van der Waals surface area contributed by atoms with Crippen LogP contribution in [0, 0.1) is 0 Å². The first-order chi connectivity index (χ1) is 8.95. The van der Waals surface area contributed by atoms with Gasteiger partial charge in [-0.1, -0.05) is 18.2 Å². The standard InChI is InChI=1S/C13H13N3O3/c1-8(17)10-11(14)16(9-6-4-3-5-7-9)13(19)15(2)12(10)18/h3-7H,14H2,1-2H3. The van der Waals surface area contributed by atoms with Crippen LogP contribution in [-0.2, 0) is 7.05 Å². The normalized spacial score (nSPS) is 10.4. The van der Waals surface area contributed by atoms with Crippen LogP contribution in [0.25, 0.3) is 5.69 Å². The van der Waals surface area contributed by atoms with E-state index < -0.39 is 17.0 Å². The molecule has 0 saturated heterocycles. The molecule has 0 aliphatic heterocycles. The zero-order valence-electron chi connectivity index (χ0n) is 10.6. The Morgan fingerprint density at radius 2 is 1.74 bits per heavy atom. The van der Waals surface area contributed by atoms with Gasteiger partial charge in [0.1, 0.15) is 11.4 Å². The number of carbonyl (C=O) groups excluding carboxylic acids is 1. The minimum Gasteiger partial charge on any atom is -0.384 e. The first-order valence-corrected chi connectivity index (χ1v) is 5.63. The van der Waals surface area contributed by atoms with Crippen molar-refractivity contribution in [1.29, 1.82) is 0 Å². The summed E-state index contributed by atoms with van der Waals surface area (Å²) in [7, 11) is 1.32. The highest BCUT2D eigenvalue weighted by molar-refractivity contribution is 5.98. The summed E-state index contributed by atoms with van der Waals surface area (Å²) in [6, 6.07) is 8.61. The van der Waals surface area contributed by atoms with Crippen molar-refractivity contribution in [3.05, 3.63) is 56.7 Å². The smallest absolute Gasteiger partial charge is 0.336 e. The number of nitrogens with zero attached hydrogens (tertiary/aromatic N) is 2. The Morgan fingerprint density at radius 3 is 2.26 bits per heavy atom. The summed E-state index contributed by atoms with van der Waals surface area (Å²) in [5.74, 6) is -0.602. The van der Waals surface area contributed by atoms with Crippen LogP contribution < -0.4 is 17.0 Å². The molecule has 2 aromatic rings. The van der Waals surface area contributed by atoms with Gasteiger partial charge in [0.05, 0.1) is 5.69 Å². The van der Waals surface area contributed by atoms with Gasteiger partial charge in [0.2, 0.25) is 0 Å². The molecule has 0 saturated carbocycles. The van der Waals surface area contributed by atoms with E-state index in [2.05, 4.69) is 0 Å². The van der Waals surface area contributed by atoms with Crippen LogP contribution >= 0.6 is 0 Å². The third-order valence-corrected chi connectivity index (χ3v) is 2.86. The fourth-order valence-corrected chi connectivity index (χ4v) is 1.89. The van der Waals surface area contributed by atoms with E-state index in [1.54, 1.807) is 30.3 Å². The molecule has 1 heterocycles. The molecule has 98 valence electrons. The van der Waals surface area contributed by atoms with E-state index in [1.807, 2.05) is 0 Å². The highest BCUT2D eigenvalue weighted by Crippen LogP contribution is 2.12. The molecule has 1 aromatic carbocycles. The third-order valence-electron chi connectivity index (χ3n) is 2.86. The quantitative estimate of drug-likeness (QED) is 0.787. The van der Waals surface area contributed by atoms with Crippen LogP contribution in [0.2, 0.25) is 0 Å². The summed E-state index contributed by atoms with van der Waals surface area (Å²) in [4.78, 5) is 35.5. The Hall–Kier alpha value is -2.63. The average molecular weight is 259 g/mol. The maximum atomic E-state index is 12.1. The van der Waals surface area contributed by atoms with Crippen molar-refractivity contribution >= 4 is 11.6 Å². The van der Waals surface area contributed by atoms with Crippen molar-refractivity contribution < 1.29 is 4.79 Å². The number of nitrogen functional groups attached to an aromatic ring is 1. The predicted molar refractivity (Wildman–Crippen MR) is 71.7 cm³/mol. The van der Waals surface area contributed by atoms with Crippen molar-refractivity contribution in [2.45, 2.75) is 6.92 Å². The molecule has 2 N–H and O–H groups in total. The van der Waals surface area contributed by atoms with Gasteiger partial charge in [-0.3, -0.25) is 14.2 Å². The van der Waals surface area contributed by atoms with Gasteiger partial charge in [0, 0.05) is 7.05 Å². The molecule has 6 nitrogen and oxygen atoms in total. The monoisotopic (exact) mass is 259 g/mol. The van der Waals surface area contributed by atoms with Crippen LogP contribution in [0.3, 0.4) is 0 Å². The number of carbonyl (C=O) groups is 1. The van der Waals surface area contributed by atoms with Gasteiger partial charge in [-0.05, 0) is 19.1 Å². The molecule has 0 atom stereocenters. The van der Waals surface area contributed by atoms with Crippen molar-refractivity contribution in [3.63, 3.8) is 0 Å². The molecule has 0 bridgehead atoms. The Bertz CT molecular complexity index is 757. The topological polar surface area (TPSA) is 87.1 Å². The average Bonchev–Trinajstić information content (AvgIpc) is 2.37. The third kappa shape index (κ3) is 1.97. The van der Waals surface area contributed by atoms with Crippen molar-refractivity contribution in [2.75, 3.05) is 5.73 Å². The lowest BCUT2D eigenvalue weighted by molar-refractivity contribution is 0.101.